The van der Waals surface area contributed by atoms with Crippen LogP contribution in [0.1, 0.15) is 25.3 Å². The average molecular weight is 195 g/mol. The van der Waals surface area contributed by atoms with Crippen LogP contribution in [0.4, 0.5) is 0 Å². The Morgan fingerprint density at radius 3 is 3.00 bits per heavy atom. The summed E-state index contributed by atoms with van der Waals surface area (Å²) < 4.78 is 0. The molecule has 2 N–H and O–H groups in total. The molecule has 0 amide bonds. The SMILES string of the molecule is C=C(CC)CC(N)Cc1ccsc1. The molecule has 1 rings (SSSR count). The van der Waals surface area contributed by atoms with E-state index in [2.05, 4.69) is 30.3 Å². The van der Waals surface area contributed by atoms with Crippen molar-refractivity contribution in [2.45, 2.75) is 32.2 Å². The van der Waals surface area contributed by atoms with Crippen molar-refractivity contribution in [3.05, 3.63) is 34.5 Å². The van der Waals surface area contributed by atoms with Gasteiger partial charge in [-0.25, -0.2) is 0 Å². The third-order valence-electron chi connectivity index (χ3n) is 2.13. The zero-order valence-electron chi connectivity index (χ0n) is 8.12. The number of hydrogen-bond donors (Lipinski definition) is 1. The van der Waals surface area contributed by atoms with Crippen molar-refractivity contribution in [2.24, 2.45) is 5.73 Å². The minimum absolute atomic E-state index is 0.238. The van der Waals surface area contributed by atoms with Crippen LogP contribution >= 0.6 is 11.3 Å². The first-order valence-corrected chi connectivity index (χ1v) is 5.60. The van der Waals surface area contributed by atoms with Gasteiger partial charge in [0.1, 0.15) is 0 Å². The third kappa shape index (κ3) is 3.75. The topological polar surface area (TPSA) is 26.0 Å². The Morgan fingerprint density at radius 2 is 2.46 bits per heavy atom. The smallest absolute Gasteiger partial charge is 0.0117 e. The fourth-order valence-corrected chi connectivity index (χ4v) is 1.98. The van der Waals surface area contributed by atoms with Crippen molar-refractivity contribution >= 4 is 11.3 Å². The molecule has 72 valence electrons. The second kappa shape index (κ2) is 5.20. The minimum Gasteiger partial charge on any atom is -0.327 e. The Kier molecular flexibility index (Phi) is 4.19. The van der Waals surface area contributed by atoms with E-state index in [1.54, 1.807) is 11.3 Å². The zero-order chi connectivity index (χ0) is 9.68. The van der Waals surface area contributed by atoms with Crippen LogP contribution in [0.25, 0.3) is 0 Å². The van der Waals surface area contributed by atoms with Crippen molar-refractivity contribution in [2.75, 3.05) is 0 Å². The fraction of sp³-hybridized carbons (Fsp3) is 0.455. The van der Waals surface area contributed by atoms with E-state index in [9.17, 15) is 0 Å². The minimum atomic E-state index is 0.238. The molecule has 13 heavy (non-hydrogen) atoms. The molecule has 0 fully saturated rings. The molecular formula is C11H17NS. The first-order valence-electron chi connectivity index (χ1n) is 4.65. The maximum absolute atomic E-state index is 5.99. The predicted octanol–water partition coefficient (Wildman–Crippen LogP) is 2.97. The van der Waals surface area contributed by atoms with Gasteiger partial charge in [-0.2, -0.15) is 11.3 Å². The van der Waals surface area contributed by atoms with Gasteiger partial charge in [0.25, 0.3) is 0 Å². The molecule has 1 heterocycles. The van der Waals surface area contributed by atoms with Crippen LogP contribution in [0.3, 0.4) is 0 Å². The van der Waals surface area contributed by atoms with Gasteiger partial charge in [0.15, 0.2) is 0 Å². The molecule has 1 aromatic heterocycles. The molecule has 1 unspecified atom stereocenters. The Labute approximate surface area is 84.3 Å². The lowest BCUT2D eigenvalue weighted by Gasteiger charge is -2.11. The van der Waals surface area contributed by atoms with Crippen molar-refractivity contribution in [1.29, 1.82) is 0 Å². The highest BCUT2D eigenvalue weighted by Crippen LogP contribution is 2.12. The summed E-state index contributed by atoms with van der Waals surface area (Å²) in [5.41, 5.74) is 8.59. The number of nitrogens with two attached hydrogens (primary N) is 1. The molecule has 0 aliphatic heterocycles. The normalized spacial score (nSPS) is 12.8. The first kappa shape index (κ1) is 10.5. The average Bonchev–Trinajstić information content (AvgIpc) is 2.56. The largest absolute Gasteiger partial charge is 0.327 e. The predicted molar refractivity (Wildman–Crippen MR) is 60.0 cm³/mol. The summed E-state index contributed by atoms with van der Waals surface area (Å²) in [6.45, 7) is 6.09. The second-order valence-corrected chi connectivity index (χ2v) is 4.18. The lowest BCUT2D eigenvalue weighted by molar-refractivity contribution is 0.652. The van der Waals surface area contributed by atoms with Crippen LogP contribution < -0.4 is 5.73 Å². The summed E-state index contributed by atoms with van der Waals surface area (Å²) in [5.74, 6) is 0. The monoisotopic (exact) mass is 195 g/mol. The van der Waals surface area contributed by atoms with Gasteiger partial charge in [-0.15, -0.1) is 0 Å². The molecule has 0 aliphatic carbocycles. The van der Waals surface area contributed by atoms with Crippen molar-refractivity contribution in [3.63, 3.8) is 0 Å². The lowest BCUT2D eigenvalue weighted by atomic mass is 10.0. The maximum atomic E-state index is 5.99. The Bertz CT molecular complexity index is 251. The molecule has 1 nitrogen and oxygen atoms in total. The highest BCUT2D eigenvalue weighted by molar-refractivity contribution is 7.07. The number of rotatable bonds is 5. The highest BCUT2D eigenvalue weighted by atomic mass is 32.1. The van der Waals surface area contributed by atoms with Crippen LogP contribution in [-0.2, 0) is 6.42 Å². The Morgan fingerprint density at radius 1 is 1.69 bits per heavy atom. The molecule has 0 saturated carbocycles. The van der Waals surface area contributed by atoms with Gasteiger partial charge in [0, 0.05) is 6.04 Å². The Hall–Kier alpha value is -0.600. The molecule has 0 spiro atoms. The van der Waals surface area contributed by atoms with Gasteiger partial charge in [0.05, 0.1) is 0 Å². The van der Waals surface area contributed by atoms with E-state index in [0.717, 1.165) is 19.3 Å². The van der Waals surface area contributed by atoms with Crippen LogP contribution in [-0.4, -0.2) is 6.04 Å². The first-order chi connectivity index (χ1) is 6.22. The van der Waals surface area contributed by atoms with Gasteiger partial charge < -0.3 is 5.73 Å². The van der Waals surface area contributed by atoms with E-state index >= 15 is 0 Å². The van der Waals surface area contributed by atoms with Gasteiger partial charge in [-0.3, -0.25) is 0 Å². The van der Waals surface area contributed by atoms with Crippen LogP contribution in [0.2, 0.25) is 0 Å². The summed E-state index contributed by atoms with van der Waals surface area (Å²) in [7, 11) is 0. The molecule has 1 atom stereocenters. The van der Waals surface area contributed by atoms with Crippen molar-refractivity contribution < 1.29 is 0 Å². The standard InChI is InChI=1S/C11H17NS/c1-3-9(2)6-11(12)7-10-4-5-13-8-10/h4-5,8,11H,2-3,6-7,12H2,1H3. The zero-order valence-corrected chi connectivity index (χ0v) is 8.94. The van der Waals surface area contributed by atoms with E-state index in [4.69, 9.17) is 5.73 Å². The molecule has 0 saturated heterocycles. The van der Waals surface area contributed by atoms with Gasteiger partial charge >= 0.3 is 0 Å². The molecule has 0 aliphatic rings. The van der Waals surface area contributed by atoms with Crippen LogP contribution in [0.15, 0.2) is 29.0 Å². The second-order valence-electron chi connectivity index (χ2n) is 3.40. The van der Waals surface area contributed by atoms with E-state index in [0.29, 0.717) is 0 Å². The molecule has 0 bridgehead atoms. The van der Waals surface area contributed by atoms with Crippen LogP contribution in [0, 0.1) is 0 Å². The molecule has 2 heteroatoms. The van der Waals surface area contributed by atoms with E-state index in [-0.39, 0.29) is 6.04 Å². The van der Waals surface area contributed by atoms with Gasteiger partial charge in [0.2, 0.25) is 0 Å². The van der Waals surface area contributed by atoms with Crippen molar-refractivity contribution in [3.8, 4) is 0 Å². The number of thiophene rings is 1. The molecule has 1 aromatic rings. The summed E-state index contributed by atoms with van der Waals surface area (Å²) in [5, 5.41) is 4.26. The van der Waals surface area contributed by atoms with Crippen molar-refractivity contribution in [1.82, 2.24) is 0 Å². The van der Waals surface area contributed by atoms with E-state index in [1.807, 2.05) is 0 Å². The molecule has 0 radical (unpaired) electrons. The molecule has 0 aromatic carbocycles. The van der Waals surface area contributed by atoms with Gasteiger partial charge in [-0.05, 0) is 41.7 Å². The number of hydrogen-bond acceptors (Lipinski definition) is 2. The summed E-state index contributed by atoms with van der Waals surface area (Å²) >= 11 is 1.73. The highest BCUT2D eigenvalue weighted by Gasteiger charge is 2.05. The summed E-state index contributed by atoms with van der Waals surface area (Å²) in [6, 6.07) is 2.38. The van der Waals surface area contributed by atoms with Gasteiger partial charge in [-0.1, -0.05) is 19.1 Å². The van der Waals surface area contributed by atoms with Crippen LogP contribution in [0.5, 0.6) is 0 Å². The maximum Gasteiger partial charge on any atom is 0.0117 e. The fourth-order valence-electron chi connectivity index (χ4n) is 1.30. The third-order valence-corrected chi connectivity index (χ3v) is 2.86. The summed E-state index contributed by atoms with van der Waals surface area (Å²) in [6.07, 6.45) is 2.96. The molecular weight excluding hydrogens is 178 g/mol. The van der Waals surface area contributed by atoms with E-state index in [1.165, 1.54) is 11.1 Å². The summed E-state index contributed by atoms with van der Waals surface area (Å²) in [4.78, 5) is 0. The Balaban J connectivity index is 2.33. The lowest BCUT2D eigenvalue weighted by Crippen LogP contribution is -2.22. The quantitative estimate of drug-likeness (QED) is 0.718. The van der Waals surface area contributed by atoms with E-state index < -0.39 is 0 Å².